The van der Waals surface area contributed by atoms with Crippen LogP contribution in [0.25, 0.3) is 0 Å². The molecule has 1 N–H and O–H groups in total. The van der Waals surface area contributed by atoms with Gasteiger partial charge in [0, 0.05) is 0 Å². The van der Waals surface area contributed by atoms with E-state index in [9.17, 15) is 9.59 Å². The highest BCUT2D eigenvalue weighted by Crippen LogP contribution is 2.30. The van der Waals surface area contributed by atoms with Crippen molar-refractivity contribution in [2.75, 3.05) is 13.2 Å². The number of ether oxygens (including phenoxy) is 1. The average Bonchev–Trinajstić information content (AvgIpc) is 3.19. The van der Waals surface area contributed by atoms with Gasteiger partial charge >= 0.3 is 6.03 Å². The predicted octanol–water partition coefficient (Wildman–Crippen LogP) is 2.47. The molecule has 0 saturated carbocycles. The summed E-state index contributed by atoms with van der Waals surface area (Å²) in [7, 11) is 0. The highest BCUT2D eigenvalue weighted by Gasteiger charge is 2.48. The van der Waals surface area contributed by atoms with Gasteiger partial charge < -0.3 is 10.1 Å². The van der Waals surface area contributed by atoms with E-state index in [1.165, 1.54) is 11.3 Å². The number of thiophene rings is 1. The van der Waals surface area contributed by atoms with Gasteiger partial charge in [-0.15, -0.1) is 0 Å². The smallest absolute Gasteiger partial charge is 0.325 e. The number of para-hydroxylation sites is 1. The Bertz CT molecular complexity index is 813. The minimum absolute atomic E-state index is 0.115. The number of nitrogens with one attached hydrogen (secondary N) is 1. The maximum absolute atomic E-state index is 12.6. The fraction of sp³-hybridized carbons (Fsp3) is 0.235. The number of hydrogen-bond donors (Lipinski definition) is 1. The molecule has 1 atom stereocenters. The van der Waals surface area contributed by atoms with Crippen LogP contribution in [0.1, 0.15) is 18.1 Å². The Morgan fingerprint density at radius 1 is 1.33 bits per heavy atom. The number of rotatable bonds is 5. The zero-order chi connectivity index (χ0) is 17.2. The SMILES string of the molecule is CC1(c2ccsc2)NC(=O)N(CCOc2ccccc2C#N)C1=O. The Balaban J connectivity index is 1.67. The van der Waals surface area contributed by atoms with Crippen LogP contribution < -0.4 is 10.1 Å². The van der Waals surface area contributed by atoms with Gasteiger partial charge in [-0.05, 0) is 41.4 Å². The number of amides is 3. The van der Waals surface area contributed by atoms with Gasteiger partial charge in [-0.1, -0.05) is 12.1 Å². The van der Waals surface area contributed by atoms with Crippen LogP contribution in [0, 0.1) is 11.3 Å². The number of benzene rings is 1. The lowest BCUT2D eigenvalue weighted by atomic mass is 9.95. The Morgan fingerprint density at radius 3 is 2.83 bits per heavy atom. The zero-order valence-electron chi connectivity index (χ0n) is 13.0. The normalized spacial score (nSPS) is 19.9. The molecule has 24 heavy (non-hydrogen) atoms. The average molecular weight is 341 g/mol. The molecule has 3 amide bonds. The van der Waals surface area contributed by atoms with E-state index >= 15 is 0 Å². The first kappa shape index (κ1) is 16.0. The molecule has 0 radical (unpaired) electrons. The second-order valence-corrected chi connectivity index (χ2v) is 6.26. The largest absolute Gasteiger partial charge is 0.490 e. The Morgan fingerprint density at radius 2 is 2.12 bits per heavy atom. The van der Waals surface area contributed by atoms with E-state index in [0.717, 1.165) is 10.5 Å². The third kappa shape index (κ3) is 2.72. The Labute approximate surface area is 143 Å². The molecular weight excluding hydrogens is 326 g/mol. The molecule has 6 nitrogen and oxygen atoms in total. The quantitative estimate of drug-likeness (QED) is 0.847. The summed E-state index contributed by atoms with van der Waals surface area (Å²) in [4.78, 5) is 25.9. The van der Waals surface area contributed by atoms with Gasteiger partial charge in [0.25, 0.3) is 5.91 Å². The van der Waals surface area contributed by atoms with Crippen LogP contribution in [0.4, 0.5) is 4.79 Å². The van der Waals surface area contributed by atoms with E-state index in [2.05, 4.69) is 5.32 Å². The molecule has 3 rings (SSSR count). The molecule has 122 valence electrons. The standard InChI is InChI=1S/C17H15N3O3S/c1-17(13-6-9-24-11-13)15(21)20(16(22)19-17)7-8-23-14-5-3-2-4-12(14)10-18/h2-6,9,11H,7-8H2,1H3,(H,19,22). The molecular formula is C17H15N3O3S. The molecule has 2 aromatic rings. The molecule has 1 aromatic carbocycles. The molecule has 7 heteroatoms. The Hall–Kier alpha value is -2.85. The first-order valence-electron chi connectivity index (χ1n) is 7.35. The van der Waals surface area contributed by atoms with Crippen molar-refractivity contribution in [1.29, 1.82) is 5.26 Å². The lowest BCUT2D eigenvalue weighted by molar-refractivity contribution is -0.131. The van der Waals surface area contributed by atoms with Crippen molar-refractivity contribution >= 4 is 23.3 Å². The molecule has 1 saturated heterocycles. The van der Waals surface area contributed by atoms with Crippen LogP contribution in [0.15, 0.2) is 41.1 Å². The van der Waals surface area contributed by atoms with Gasteiger partial charge in [0.15, 0.2) is 0 Å². The third-order valence-electron chi connectivity index (χ3n) is 3.95. The minimum Gasteiger partial charge on any atom is -0.490 e. The van der Waals surface area contributed by atoms with Crippen LogP contribution in [0.3, 0.4) is 0 Å². The fourth-order valence-corrected chi connectivity index (χ4v) is 3.34. The lowest BCUT2D eigenvalue weighted by Crippen LogP contribution is -2.41. The van der Waals surface area contributed by atoms with E-state index in [4.69, 9.17) is 10.00 Å². The summed E-state index contributed by atoms with van der Waals surface area (Å²) in [6.45, 7) is 1.93. The molecule has 1 unspecified atom stereocenters. The number of carbonyl (C=O) groups is 2. The zero-order valence-corrected chi connectivity index (χ0v) is 13.8. The number of urea groups is 1. The third-order valence-corrected chi connectivity index (χ3v) is 4.64. The van der Waals surface area contributed by atoms with Crippen LogP contribution >= 0.6 is 11.3 Å². The van der Waals surface area contributed by atoms with E-state index in [1.807, 2.05) is 22.9 Å². The van der Waals surface area contributed by atoms with Crippen LogP contribution in [-0.2, 0) is 10.3 Å². The molecule has 1 fully saturated rings. The van der Waals surface area contributed by atoms with Crippen molar-refractivity contribution in [1.82, 2.24) is 10.2 Å². The summed E-state index contributed by atoms with van der Waals surface area (Å²) in [5, 5.41) is 15.5. The summed E-state index contributed by atoms with van der Waals surface area (Å²) in [5.41, 5.74) is 0.142. The summed E-state index contributed by atoms with van der Waals surface area (Å²) < 4.78 is 5.55. The Kier molecular flexibility index (Phi) is 4.23. The molecule has 0 bridgehead atoms. The number of hydrogen-bond acceptors (Lipinski definition) is 5. The number of nitrogens with zero attached hydrogens (tertiary/aromatic N) is 2. The molecule has 0 aliphatic carbocycles. The van der Waals surface area contributed by atoms with Crippen LogP contribution in [0.5, 0.6) is 5.75 Å². The maximum atomic E-state index is 12.6. The summed E-state index contributed by atoms with van der Waals surface area (Å²) >= 11 is 1.47. The highest BCUT2D eigenvalue weighted by atomic mass is 32.1. The van der Waals surface area contributed by atoms with E-state index in [1.54, 1.807) is 31.2 Å². The second kappa shape index (κ2) is 6.34. The van der Waals surface area contributed by atoms with Gasteiger partial charge in [0.05, 0.1) is 12.1 Å². The maximum Gasteiger partial charge on any atom is 0.325 e. The van der Waals surface area contributed by atoms with Crippen molar-refractivity contribution in [2.24, 2.45) is 0 Å². The van der Waals surface area contributed by atoms with E-state index < -0.39 is 11.6 Å². The van der Waals surface area contributed by atoms with Crippen molar-refractivity contribution in [2.45, 2.75) is 12.5 Å². The molecule has 1 aliphatic rings. The first-order chi connectivity index (χ1) is 11.6. The first-order valence-corrected chi connectivity index (χ1v) is 8.29. The molecule has 0 spiro atoms. The monoisotopic (exact) mass is 341 g/mol. The lowest BCUT2D eigenvalue weighted by Gasteiger charge is -2.20. The predicted molar refractivity (Wildman–Crippen MR) is 88.6 cm³/mol. The number of carbonyl (C=O) groups excluding carboxylic acids is 2. The van der Waals surface area contributed by atoms with E-state index in [0.29, 0.717) is 11.3 Å². The van der Waals surface area contributed by atoms with Crippen molar-refractivity contribution in [3.8, 4) is 11.8 Å². The molecule has 1 aliphatic heterocycles. The van der Waals surface area contributed by atoms with Gasteiger partial charge in [0.1, 0.15) is 24.0 Å². The van der Waals surface area contributed by atoms with Crippen molar-refractivity contribution in [3.63, 3.8) is 0 Å². The number of nitriles is 1. The second-order valence-electron chi connectivity index (χ2n) is 5.48. The number of imide groups is 1. The van der Waals surface area contributed by atoms with Crippen LogP contribution in [-0.4, -0.2) is 30.0 Å². The van der Waals surface area contributed by atoms with Gasteiger partial charge in [0.2, 0.25) is 0 Å². The fourth-order valence-electron chi connectivity index (χ4n) is 2.58. The summed E-state index contributed by atoms with van der Waals surface area (Å²) in [5.74, 6) is 0.135. The highest BCUT2D eigenvalue weighted by molar-refractivity contribution is 7.08. The van der Waals surface area contributed by atoms with Crippen molar-refractivity contribution in [3.05, 3.63) is 52.2 Å². The van der Waals surface area contributed by atoms with Crippen LogP contribution in [0.2, 0.25) is 0 Å². The van der Waals surface area contributed by atoms with Crippen molar-refractivity contribution < 1.29 is 14.3 Å². The van der Waals surface area contributed by atoms with Gasteiger partial charge in [-0.2, -0.15) is 16.6 Å². The van der Waals surface area contributed by atoms with E-state index in [-0.39, 0.29) is 19.1 Å². The topological polar surface area (TPSA) is 82.4 Å². The summed E-state index contributed by atoms with van der Waals surface area (Å²) in [6.07, 6.45) is 0. The summed E-state index contributed by atoms with van der Waals surface area (Å²) in [6, 6.07) is 10.3. The minimum atomic E-state index is -1.04. The van der Waals surface area contributed by atoms with Gasteiger partial charge in [-0.25, -0.2) is 4.79 Å². The molecule has 1 aromatic heterocycles. The van der Waals surface area contributed by atoms with Gasteiger partial charge in [-0.3, -0.25) is 9.69 Å². The molecule has 2 heterocycles.